The largest absolute Gasteiger partial charge is 0.271 e. The van der Waals surface area contributed by atoms with E-state index >= 15 is 0 Å². The van der Waals surface area contributed by atoms with Gasteiger partial charge in [-0.3, -0.25) is 11.3 Å². The van der Waals surface area contributed by atoms with Crippen LogP contribution in [0.1, 0.15) is 88.2 Å². The van der Waals surface area contributed by atoms with Crippen LogP contribution in [0.15, 0.2) is 0 Å². The summed E-state index contributed by atoms with van der Waals surface area (Å²) in [4.78, 5) is 1.21. The molecule has 0 radical (unpaired) electrons. The fourth-order valence-electron chi connectivity index (χ4n) is 2.27. The van der Waals surface area contributed by atoms with Crippen molar-refractivity contribution in [3.8, 4) is 0 Å². The van der Waals surface area contributed by atoms with Crippen molar-refractivity contribution in [2.45, 2.75) is 77.7 Å². The summed E-state index contributed by atoms with van der Waals surface area (Å²) in [6.45, 7) is 6.55. The Labute approximate surface area is 121 Å². The first-order valence-electron chi connectivity index (χ1n) is 7.49. The molecule has 0 bridgehead atoms. The second-order valence-electron chi connectivity index (χ2n) is 5.45. The molecule has 0 spiro atoms. The Morgan fingerprint density at radius 2 is 1.84 bits per heavy atom. The van der Waals surface area contributed by atoms with Crippen molar-refractivity contribution in [2.24, 2.45) is 5.84 Å². The lowest BCUT2D eigenvalue weighted by Gasteiger charge is -2.16. The summed E-state index contributed by atoms with van der Waals surface area (Å²) in [5, 5.41) is 4.23. The van der Waals surface area contributed by atoms with Crippen LogP contribution in [0.3, 0.4) is 0 Å². The molecule has 19 heavy (non-hydrogen) atoms. The van der Waals surface area contributed by atoms with E-state index in [1.807, 2.05) is 0 Å². The van der Waals surface area contributed by atoms with Crippen molar-refractivity contribution in [3.63, 3.8) is 0 Å². The fourth-order valence-corrected chi connectivity index (χ4v) is 3.17. The molecule has 0 aliphatic carbocycles. The van der Waals surface area contributed by atoms with Crippen LogP contribution < -0.4 is 11.3 Å². The Morgan fingerprint density at radius 3 is 2.47 bits per heavy atom. The minimum Gasteiger partial charge on any atom is -0.271 e. The first kappa shape index (κ1) is 16.5. The molecule has 110 valence electrons. The van der Waals surface area contributed by atoms with Gasteiger partial charge in [-0.05, 0) is 23.9 Å². The number of nitrogens with one attached hydrogen (secondary N) is 1. The molecule has 0 fully saturated rings. The predicted octanol–water partition coefficient (Wildman–Crippen LogP) is 3.92. The van der Waals surface area contributed by atoms with Crippen molar-refractivity contribution in [1.29, 1.82) is 0 Å². The zero-order chi connectivity index (χ0) is 14.1. The number of nitrogens with zero attached hydrogens (tertiary/aromatic N) is 2. The average molecular weight is 284 g/mol. The van der Waals surface area contributed by atoms with Crippen molar-refractivity contribution < 1.29 is 0 Å². The maximum atomic E-state index is 5.70. The SMILES string of the molecule is CCCCCCCCC(NN)c1snnc1C(C)C. The molecule has 4 nitrogen and oxygen atoms in total. The summed E-state index contributed by atoms with van der Waals surface area (Å²) >= 11 is 1.48. The number of aromatic nitrogens is 2. The van der Waals surface area contributed by atoms with Crippen LogP contribution in [-0.2, 0) is 0 Å². The third-order valence-corrected chi connectivity index (χ3v) is 4.30. The molecule has 0 aliphatic rings. The molecule has 1 atom stereocenters. The minimum absolute atomic E-state index is 0.212. The normalized spacial score (nSPS) is 13.1. The van der Waals surface area contributed by atoms with Gasteiger partial charge >= 0.3 is 0 Å². The summed E-state index contributed by atoms with van der Waals surface area (Å²) in [5.41, 5.74) is 4.03. The van der Waals surface area contributed by atoms with Crippen molar-refractivity contribution in [3.05, 3.63) is 10.6 Å². The van der Waals surface area contributed by atoms with Gasteiger partial charge in [0.1, 0.15) is 0 Å². The third-order valence-electron chi connectivity index (χ3n) is 3.45. The molecule has 1 heterocycles. The summed E-state index contributed by atoms with van der Waals surface area (Å²) < 4.78 is 4.08. The molecular weight excluding hydrogens is 256 g/mol. The Kier molecular flexibility index (Phi) is 8.18. The van der Waals surface area contributed by atoms with Crippen LogP contribution in [0.5, 0.6) is 0 Å². The standard InChI is InChI=1S/C14H28N4S/c1-4-5-6-7-8-9-10-12(16-15)14-13(11(2)3)17-18-19-14/h11-12,16H,4-10,15H2,1-3H3. The van der Waals surface area contributed by atoms with Crippen LogP contribution in [-0.4, -0.2) is 9.59 Å². The second-order valence-corrected chi connectivity index (χ2v) is 6.24. The first-order valence-corrected chi connectivity index (χ1v) is 8.26. The van der Waals surface area contributed by atoms with Crippen LogP contribution in [0, 0.1) is 0 Å². The lowest BCUT2D eigenvalue weighted by atomic mass is 10.0. The van der Waals surface area contributed by atoms with E-state index in [1.54, 1.807) is 0 Å². The highest BCUT2D eigenvalue weighted by molar-refractivity contribution is 7.05. The smallest absolute Gasteiger partial charge is 0.0829 e. The van der Waals surface area contributed by atoms with Gasteiger partial charge in [-0.2, -0.15) is 0 Å². The van der Waals surface area contributed by atoms with Gasteiger partial charge < -0.3 is 0 Å². The second kappa shape index (κ2) is 9.39. The van der Waals surface area contributed by atoms with Crippen LogP contribution in [0.2, 0.25) is 0 Å². The van der Waals surface area contributed by atoms with E-state index in [0.717, 1.165) is 12.1 Å². The molecule has 0 amide bonds. The number of hydrogen-bond acceptors (Lipinski definition) is 5. The van der Waals surface area contributed by atoms with Crippen LogP contribution >= 0.6 is 11.5 Å². The molecule has 1 rings (SSSR count). The predicted molar refractivity (Wildman–Crippen MR) is 82.1 cm³/mol. The number of hydrogen-bond donors (Lipinski definition) is 2. The molecular formula is C14H28N4S. The molecule has 0 saturated carbocycles. The van der Waals surface area contributed by atoms with Crippen molar-refractivity contribution in [2.75, 3.05) is 0 Å². The van der Waals surface area contributed by atoms with E-state index in [0.29, 0.717) is 5.92 Å². The van der Waals surface area contributed by atoms with Crippen molar-refractivity contribution in [1.82, 2.24) is 15.0 Å². The van der Waals surface area contributed by atoms with Crippen molar-refractivity contribution >= 4 is 11.5 Å². The highest BCUT2D eigenvalue weighted by atomic mass is 32.1. The Hall–Kier alpha value is -0.520. The summed E-state index contributed by atoms with van der Waals surface area (Å²) in [5.74, 6) is 6.11. The first-order chi connectivity index (χ1) is 9.20. The van der Waals surface area contributed by atoms with Gasteiger partial charge in [0.05, 0.1) is 16.6 Å². The van der Waals surface area contributed by atoms with Gasteiger partial charge in [0, 0.05) is 0 Å². The van der Waals surface area contributed by atoms with Gasteiger partial charge in [-0.1, -0.05) is 63.8 Å². The summed E-state index contributed by atoms with van der Waals surface area (Å²) in [6, 6.07) is 0.212. The fraction of sp³-hybridized carbons (Fsp3) is 0.857. The maximum absolute atomic E-state index is 5.70. The molecule has 1 aromatic rings. The van der Waals surface area contributed by atoms with E-state index in [-0.39, 0.29) is 6.04 Å². The zero-order valence-electron chi connectivity index (χ0n) is 12.5. The van der Waals surface area contributed by atoms with Crippen LogP contribution in [0.4, 0.5) is 0 Å². The van der Waals surface area contributed by atoms with Crippen LogP contribution in [0.25, 0.3) is 0 Å². The topological polar surface area (TPSA) is 63.8 Å². The molecule has 0 saturated heterocycles. The molecule has 1 unspecified atom stereocenters. The monoisotopic (exact) mass is 284 g/mol. The van der Waals surface area contributed by atoms with Gasteiger partial charge in [-0.25, -0.2) is 0 Å². The lowest BCUT2D eigenvalue weighted by molar-refractivity contribution is 0.478. The number of hydrazine groups is 1. The highest BCUT2D eigenvalue weighted by Crippen LogP contribution is 2.29. The van der Waals surface area contributed by atoms with E-state index in [1.165, 1.54) is 54.9 Å². The Morgan fingerprint density at radius 1 is 1.16 bits per heavy atom. The quantitative estimate of drug-likeness (QED) is 0.388. The van der Waals surface area contributed by atoms with Gasteiger partial charge in [0.25, 0.3) is 0 Å². The minimum atomic E-state index is 0.212. The summed E-state index contributed by atoms with van der Waals surface area (Å²) in [6.07, 6.45) is 8.94. The Bertz CT molecular complexity index is 338. The number of unbranched alkanes of at least 4 members (excludes halogenated alkanes) is 5. The Balaban J connectivity index is 2.38. The van der Waals surface area contributed by atoms with E-state index < -0.39 is 0 Å². The van der Waals surface area contributed by atoms with E-state index in [2.05, 4.69) is 35.8 Å². The maximum Gasteiger partial charge on any atom is 0.0829 e. The van der Waals surface area contributed by atoms with E-state index in [4.69, 9.17) is 5.84 Å². The zero-order valence-corrected chi connectivity index (χ0v) is 13.3. The number of rotatable bonds is 10. The lowest BCUT2D eigenvalue weighted by Crippen LogP contribution is -2.28. The molecule has 3 N–H and O–H groups in total. The molecule has 5 heteroatoms. The van der Waals surface area contributed by atoms with Gasteiger partial charge in [0.15, 0.2) is 0 Å². The average Bonchev–Trinajstić information content (AvgIpc) is 2.87. The molecule has 0 aliphatic heterocycles. The molecule has 1 aromatic heterocycles. The third kappa shape index (κ3) is 5.55. The highest BCUT2D eigenvalue weighted by Gasteiger charge is 2.19. The molecule has 0 aromatic carbocycles. The van der Waals surface area contributed by atoms with Gasteiger partial charge in [0.2, 0.25) is 0 Å². The summed E-state index contributed by atoms with van der Waals surface area (Å²) in [7, 11) is 0. The van der Waals surface area contributed by atoms with E-state index in [9.17, 15) is 0 Å². The van der Waals surface area contributed by atoms with Gasteiger partial charge in [-0.15, -0.1) is 5.10 Å². The number of nitrogens with two attached hydrogens (primary N) is 1.